The van der Waals surface area contributed by atoms with E-state index in [1.807, 2.05) is 0 Å². The summed E-state index contributed by atoms with van der Waals surface area (Å²) in [5.74, 6) is -3.87. The highest BCUT2D eigenvalue weighted by Gasteiger charge is 2.18. The molecule has 0 saturated heterocycles. The Hall–Kier alpha value is -4.13. The zero-order valence-electron chi connectivity index (χ0n) is 17.2. The van der Waals surface area contributed by atoms with Crippen molar-refractivity contribution in [2.45, 2.75) is 26.3 Å². The summed E-state index contributed by atoms with van der Waals surface area (Å²) < 4.78 is 19.2. The van der Waals surface area contributed by atoms with Crippen molar-refractivity contribution in [3.05, 3.63) is 35.9 Å². The standard InChI is InChI=1S/C15H19NO8.C4H4O4/c1-3-21-14(19)23-11-6-5-9(7-10(16)13(17)18)8-12(11)24-15(20)22-4-2;5-3(6)1-2-4(7)8/h5-6,8,10H,3-4,7,16H2,1-2H3,(H,17,18);1-2H,(H,5,6)(H,7,8)/t10-;/m0./s1. The Kier molecular flexibility index (Phi) is 12.9. The molecule has 0 aliphatic rings. The Morgan fingerprint density at radius 2 is 1.34 bits per heavy atom. The normalized spacial score (nSPS) is 10.8. The highest BCUT2D eigenvalue weighted by atomic mass is 16.7. The number of aliphatic carboxylic acids is 3. The van der Waals surface area contributed by atoms with Crippen molar-refractivity contribution in [2.75, 3.05) is 13.2 Å². The first-order valence-electron chi connectivity index (χ1n) is 8.94. The lowest BCUT2D eigenvalue weighted by molar-refractivity contribution is -0.138. The molecule has 0 radical (unpaired) electrons. The highest BCUT2D eigenvalue weighted by Crippen LogP contribution is 2.29. The first-order valence-corrected chi connectivity index (χ1v) is 8.94. The largest absolute Gasteiger partial charge is 0.513 e. The fraction of sp³-hybridized carbons (Fsp3) is 0.316. The maximum absolute atomic E-state index is 11.5. The minimum absolute atomic E-state index is 0.00575. The summed E-state index contributed by atoms with van der Waals surface area (Å²) >= 11 is 0. The van der Waals surface area contributed by atoms with E-state index in [-0.39, 0.29) is 31.1 Å². The molecular formula is C19H23NO12. The quantitative estimate of drug-likeness (QED) is 0.235. The number of carboxylic acids is 3. The van der Waals surface area contributed by atoms with Crippen LogP contribution in [0, 0.1) is 0 Å². The summed E-state index contributed by atoms with van der Waals surface area (Å²) in [7, 11) is 0. The van der Waals surface area contributed by atoms with Gasteiger partial charge in [-0.2, -0.15) is 0 Å². The van der Waals surface area contributed by atoms with Crippen molar-refractivity contribution in [1.29, 1.82) is 0 Å². The maximum Gasteiger partial charge on any atom is 0.513 e. The van der Waals surface area contributed by atoms with E-state index in [0.29, 0.717) is 17.7 Å². The highest BCUT2D eigenvalue weighted by molar-refractivity contribution is 5.89. The second-order valence-electron chi connectivity index (χ2n) is 5.51. The Morgan fingerprint density at radius 1 is 0.875 bits per heavy atom. The van der Waals surface area contributed by atoms with Crippen LogP contribution >= 0.6 is 0 Å². The Balaban J connectivity index is 0.00000102. The van der Waals surface area contributed by atoms with Gasteiger partial charge in [-0.15, -0.1) is 0 Å². The van der Waals surface area contributed by atoms with Gasteiger partial charge in [0.25, 0.3) is 0 Å². The molecule has 0 aromatic heterocycles. The lowest BCUT2D eigenvalue weighted by Gasteiger charge is -2.13. The van der Waals surface area contributed by atoms with Crippen molar-refractivity contribution >= 4 is 30.2 Å². The third-order valence-electron chi connectivity index (χ3n) is 3.06. The van der Waals surface area contributed by atoms with Crippen molar-refractivity contribution in [3.63, 3.8) is 0 Å². The topological polar surface area (TPSA) is 209 Å². The van der Waals surface area contributed by atoms with E-state index < -0.39 is 36.3 Å². The molecule has 13 heteroatoms. The van der Waals surface area contributed by atoms with Crippen molar-refractivity contribution in [2.24, 2.45) is 5.73 Å². The van der Waals surface area contributed by atoms with Gasteiger partial charge in [-0.25, -0.2) is 19.2 Å². The predicted octanol–water partition coefficient (Wildman–Crippen LogP) is 1.42. The molecular weight excluding hydrogens is 434 g/mol. The fourth-order valence-electron chi connectivity index (χ4n) is 1.80. The summed E-state index contributed by atoms with van der Waals surface area (Å²) in [6.45, 7) is 3.40. The fourth-order valence-corrected chi connectivity index (χ4v) is 1.80. The SMILES string of the molecule is CCOC(=O)Oc1ccc(C[C@H](N)C(=O)O)cc1OC(=O)OCC.O=C(O)C=CC(=O)O. The molecule has 1 rings (SSSR count). The van der Waals surface area contributed by atoms with Crippen LogP contribution in [-0.4, -0.2) is 64.8 Å². The Morgan fingerprint density at radius 3 is 1.75 bits per heavy atom. The van der Waals surface area contributed by atoms with Gasteiger partial charge < -0.3 is 40.0 Å². The van der Waals surface area contributed by atoms with E-state index in [4.69, 9.17) is 30.5 Å². The number of ether oxygens (including phenoxy) is 4. The van der Waals surface area contributed by atoms with Crippen LogP contribution in [0.4, 0.5) is 9.59 Å². The van der Waals surface area contributed by atoms with Crippen LogP contribution in [0.15, 0.2) is 30.4 Å². The first kappa shape index (κ1) is 27.9. The lowest BCUT2D eigenvalue weighted by Crippen LogP contribution is -2.32. The third kappa shape index (κ3) is 12.4. The zero-order valence-corrected chi connectivity index (χ0v) is 17.2. The van der Waals surface area contributed by atoms with E-state index in [9.17, 15) is 24.0 Å². The summed E-state index contributed by atoms with van der Waals surface area (Å²) in [5, 5.41) is 24.5. The molecule has 0 spiro atoms. The van der Waals surface area contributed by atoms with E-state index in [1.165, 1.54) is 18.2 Å². The average molecular weight is 457 g/mol. The van der Waals surface area contributed by atoms with Crippen LogP contribution in [0.2, 0.25) is 0 Å². The van der Waals surface area contributed by atoms with Gasteiger partial charge in [0.2, 0.25) is 0 Å². The minimum Gasteiger partial charge on any atom is -0.480 e. The molecule has 176 valence electrons. The van der Waals surface area contributed by atoms with Gasteiger partial charge in [0.1, 0.15) is 6.04 Å². The van der Waals surface area contributed by atoms with E-state index in [2.05, 4.69) is 9.47 Å². The average Bonchev–Trinajstić information content (AvgIpc) is 2.69. The van der Waals surface area contributed by atoms with E-state index in [0.717, 1.165) is 0 Å². The molecule has 0 heterocycles. The molecule has 0 saturated carbocycles. The molecule has 0 aliphatic carbocycles. The molecule has 1 atom stereocenters. The molecule has 1 aromatic carbocycles. The molecule has 0 fully saturated rings. The number of hydrogen-bond acceptors (Lipinski definition) is 10. The predicted molar refractivity (Wildman–Crippen MR) is 105 cm³/mol. The molecule has 0 unspecified atom stereocenters. The Bertz CT molecular complexity index is 833. The van der Waals surface area contributed by atoms with Crippen molar-refractivity contribution < 1.29 is 58.2 Å². The molecule has 5 N–H and O–H groups in total. The number of carbonyl (C=O) groups is 5. The van der Waals surface area contributed by atoms with Gasteiger partial charge >= 0.3 is 30.2 Å². The number of hydrogen-bond donors (Lipinski definition) is 4. The third-order valence-corrected chi connectivity index (χ3v) is 3.06. The number of rotatable bonds is 9. The zero-order chi connectivity index (χ0) is 24.7. The van der Waals surface area contributed by atoms with Crippen LogP contribution in [-0.2, 0) is 30.3 Å². The number of nitrogens with two attached hydrogens (primary N) is 1. The van der Waals surface area contributed by atoms with E-state index in [1.54, 1.807) is 13.8 Å². The molecule has 1 aromatic rings. The van der Waals surface area contributed by atoms with Gasteiger partial charge in [0.15, 0.2) is 11.5 Å². The second-order valence-corrected chi connectivity index (χ2v) is 5.51. The van der Waals surface area contributed by atoms with Crippen LogP contribution in [0.1, 0.15) is 19.4 Å². The minimum atomic E-state index is -1.26. The van der Waals surface area contributed by atoms with Gasteiger partial charge in [-0.1, -0.05) is 6.07 Å². The van der Waals surface area contributed by atoms with Gasteiger partial charge in [0, 0.05) is 12.2 Å². The van der Waals surface area contributed by atoms with E-state index >= 15 is 0 Å². The molecule has 13 nitrogen and oxygen atoms in total. The van der Waals surface area contributed by atoms with Crippen molar-refractivity contribution in [1.82, 2.24) is 0 Å². The van der Waals surface area contributed by atoms with Crippen molar-refractivity contribution in [3.8, 4) is 11.5 Å². The summed E-state index contributed by atoms with van der Waals surface area (Å²) in [4.78, 5) is 52.8. The number of benzene rings is 1. The van der Waals surface area contributed by atoms with Gasteiger partial charge in [-0.05, 0) is 38.0 Å². The van der Waals surface area contributed by atoms with Gasteiger partial charge in [0.05, 0.1) is 13.2 Å². The lowest BCUT2D eigenvalue weighted by atomic mass is 10.1. The molecule has 0 amide bonds. The monoisotopic (exact) mass is 457 g/mol. The molecule has 0 bridgehead atoms. The number of carbonyl (C=O) groups excluding carboxylic acids is 2. The summed E-state index contributed by atoms with van der Waals surface area (Å²) in [5.41, 5.74) is 5.94. The smallest absolute Gasteiger partial charge is 0.480 e. The maximum atomic E-state index is 11.5. The second kappa shape index (κ2) is 14.8. The van der Waals surface area contributed by atoms with Crippen LogP contribution in [0.5, 0.6) is 11.5 Å². The van der Waals surface area contributed by atoms with Crippen LogP contribution < -0.4 is 15.2 Å². The molecule has 32 heavy (non-hydrogen) atoms. The molecule has 0 aliphatic heterocycles. The van der Waals surface area contributed by atoms with Gasteiger partial charge in [-0.3, -0.25) is 4.79 Å². The number of carboxylic acid groups (broad SMARTS) is 3. The first-order chi connectivity index (χ1) is 15.0. The van der Waals surface area contributed by atoms with Crippen LogP contribution in [0.3, 0.4) is 0 Å². The van der Waals surface area contributed by atoms with Crippen LogP contribution in [0.25, 0.3) is 0 Å². The summed E-state index contributed by atoms with van der Waals surface area (Å²) in [6.07, 6.45) is -0.856. The summed E-state index contributed by atoms with van der Waals surface area (Å²) in [6, 6.07) is 3.05. The Labute approximate surface area is 181 Å².